The second-order valence-electron chi connectivity index (χ2n) is 3.26. The number of benzene rings is 1. The molecule has 0 saturated heterocycles. The molecule has 1 N–H and O–H groups in total. The summed E-state index contributed by atoms with van der Waals surface area (Å²) >= 11 is 0. The Balaban J connectivity index is 2.38. The topological polar surface area (TPSA) is 46.5 Å². The predicted molar refractivity (Wildman–Crippen MR) is 53.5 cm³/mol. The lowest BCUT2D eigenvalue weighted by Crippen LogP contribution is -2.02. The molecule has 0 unspecified atom stereocenters. The van der Waals surface area contributed by atoms with E-state index in [1.54, 1.807) is 19.1 Å². The molecule has 0 bridgehead atoms. The number of carboxylic acids is 1. The minimum Gasteiger partial charge on any atom is -0.493 e. The van der Waals surface area contributed by atoms with Crippen LogP contribution in [0.4, 0.5) is 4.39 Å². The van der Waals surface area contributed by atoms with Gasteiger partial charge in [0.05, 0.1) is 6.61 Å². The first kappa shape index (κ1) is 11.5. The molecule has 0 atom stereocenters. The predicted octanol–water partition coefficient (Wildman–Crippen LogP) is 2.38. The van der Waals surface area contributed by atoms with Crippen LogP contribution in [0.2, 0.25) is 0 Å². The highest BCUT2D eigenvalue weighted by Gasteiger charge is 2.01. The molecular weight excluding hydrogens is 199 g/mol. The fraction of sp³-hybridized carbons (Fsp3) is 0.364. The Bertz CT molecular complexity index is 350. The Morgan fingerprint density at radius 1 is 1.53 bits per heavy atom. The van der Waals surface area contributed by atoms with Crippen molar-refractivity contribution in [2.75, 3.05) is 6.61 Å². The molecule has 0 aliphatic heterocycles. The van der Waals surface area contributed by atoms with Crippen molar-refractivity contribution in [2.45, 2.75) is 19.8 Å². The van der Waals surface area contributed by atoms with Crippen molar-refractivity contribution in [1.82, 2.24) is 0 Å². The zero-order valence-electron chi connectivity index (χ0n) is 8.50. The van der Waals surface area contributed by atoms with Crippen LogP contribution in [0.15, 0.2) is 18.2 Å². The lowest BCUT2D eigenvalue weighted by Gasteiger charge is -2.05. The van der Waals surface area contributed by atoms with Gasteiger partial charge in [0.2, 0.25) is 0 Å². The molecule has 0 fully saturated rings. The van der Waals surface area contributed by atoms with Crippen LogP contribution in [0.1, 0.15) is 18.4 Å². The van der Waals surface area contributed by atoms with Crippen LogP contribution in [-0.2, 0) is 4.79 Å². The Hall–Kier alpha value is -1.58. The van der Waals surface area contributed by atoms with Gasteiger partial charge in [0.15, 0.2) is 0 Å². The van der Waals surface area contributed by atoms with Crippen LogP contribution in [0, 0.1) is 12.7 Å². The summed E-state index contributed by atoms with van der Waals surface area (Å²) in [5.74, 6) is -0.733. The molecule has 0 aliphatic rings. The van der Waals surface area contributed by atoms with E-state index in [1.165, 1.54) is 6.07 Å². The van der Waals surface area contributed by atoms with Crippen molar-refractivity contribution < 1.29 is 19.0 Å². The summed E-state index contributed by atoms with van der Waals surface area (Å²) in [5, 5.41) is 8.38. The highest BCUT2D eigenvalue weighted by Crippen LogP contribution is 2.15. The molecule has 0 amide bonds. The minimum atomic E-state index is -0.853. The standard InChI is InChI=1S/C11H13FO3/c1-8-4-5-9(7-10(8)12)15-6-2-3-11(13)14/h4-5,7H,2-3,6H2,1H3,(H,13,14). The maximum atomic E-state index is 13.0. The summed E-state index contributed by atoms with van der Waals surface area (Å²) in [6.45, 7) is 1.96. The van der Waals surface area contributed by atoms with Crippen molar-refractivity contribution in [3.8, 4) is 5.75 Å². The number of ether oxygens (including phenoxy) is 1. The Labute approximate surface area is 87.5 Å². The van der Waals surface area contributed by atoms with Crippen molar-refractivity contribution in [1.29, 1.82) is 0 Å². The van der Waals surface area contributed by atoms with E-state index in [0.717, 1.165) is 0 Å². The van der Waals surface area contributed by atoms with Gasteiger partial charge in [-0.05, 0) is 25.0 Å². The fourth-order valence-corrected chi connectivity index (χ4v) is 1.08. The lowest BCUT2D eigenvalue weighted by atomic mass is 10.2. The number of carboxylic acid groups (broad SMARTS) is 1. The summed E-state index contributed by atoms with van der Waals surface area (Å²) in [4.78, 5) is 10.2. The van der Waals surface area contributed by atoms with Gasteiger partial charge in [-0.25, -0.2) is 4.39 Å². The third-order valence-corrected chi connectivity index (χ3v) is 1.95. The Kier molecular flexibility index (Phi) is 4.09. The molecule has 0 aliphatic carbocycles. The second-order valence-corrected chi connectivity index (χ2v) is 3.26. The number of aliphatic carboxylic acids is 1. The molecule has 15 heavy (non-hydrogen) atoms. The summed E-state index contributed by atoms with van der Waals surface area (Å²) in [6.07, 6.45) is 0.485. The van der Waals surface area contributed by atoms with Crippen molar-refractivity contribution in [3.05, 3.63) is 29.6 Å². The van der Waals surface area contributed by atoms with Crippen LogP contribution in [0.5, 0.6) is 5.75 Å². The van der Waals surface area contributed by atoms with Crippen LogP contribution in [0.3, 0.4) is 0 Å². The van der Waals surface area contributed by atoms with E-state index < -0.39 is 5.97 Å². The van der Waals surface area contributed by atoms with Gasteiger partial charge in [-0.1, -0.05) is 6.07 Å². The highest BCUT2D eigenvalue weighted by molar-refractivity contribution is 5.66. The molecule has 3 nitrogen and oxygen atoms in total. The first-order chi connectivity index (χ1) is 7.09. The summed E-state index contributed by atoms with van der Waals surface area (Å²) in [5.41, 5.74) is 0.563. The van der Waals surface area contributed by atoms with E-state index in [-0.39, 0.29) is 18.8 Å². The number of aryl methyl sites for hydroxylation is 1. The highest BCUT2D eigenvalue weighted by atomic mass is 19.1. The third-order valence-electron chi connectivity index (χ3n) is 1.95. The number of halogens is 1. The Morgan fingerprint density at radius 3 is 2.87 bits per heavy atom. The smallest absolute Gasteiger partial charge is 0.303 e. The molecule has 82 valence electrons. The van der Waals surface area contributed by atoms with Gasteiger partial charge >= 0.3 is 5.97 Å². The quantitative estimate of drug-likeness (QED) is 0.762. The van der Waals surface area contributed by atoms with Crippen molar-refractivity contribution in [3.63, 3.8) is 0 Å². The zero-order valence-corrected chi connectivity index (χ0v) is 8.50. The molecule has 0 heterocycles. The number of hydrogen-bond acceptors (Lipinski definition) is 2. The summed E-state index contributed by atoms with van der Waals surface area (Å²) in [6, 6.07) is 4.59. The molecule has 4 heteroatoms. The van der Waals surface area contributed by atoms with Crippen LogP contribution >= 0.6 is 0 Å². The molecule has 0 radical (unpaired) electrons. The average Bonchev–Trinajstić information content (AvgIpc) is 2.18. The number of rotatable bonds is 5. The maximum Gasteiger partial charge on any atom is 0.303 e. The van der Waals surface area contributed by atoms with Crippen LogP contribution in [0.25, 0.3) is 0 Å². The molecule has 0 spiro atoms. The van der Waals surface area contributed by atoms with Gasteiger partial charge in [0, 0.05) is 12.5 Å². The van der Waals surface area contributed by atoms with E-state index >= 15 is 0 Å². The largest absolute Gasteiger partial charge is 0.493 e. The first-order valence-corrected chi connectivity index (χ1v) is 4.70. The summed E-state index contributed by atoms with van der Waals surface area (Å²) in [7, 11) is 0. The van der Waals surface area contributed by atoms with Gasteiger partial charge < -0.3 is 9.84 Å². The van der Waals surface area contributed by atoms with Crippen molar-refractivity contribution in [2.24, 2.45) is 0 Å². The lowest BCUT2D eigenvalue weighted by molar-refractivity contribution is -0.137. The van der Waals surface area contributed by atoms with E-state index in [4.69, 9.17) is 9.84 Å². The molecular formula is C11H13FO3. The third kappa shape index (κ3) is 3.97. The fourth-order valence-electron chi connectivity index (χ4n) is 1.08. The molecule has 0 aromatic heterocycles. The van der Waals surface area contributed by atoms with Gasteiger partial charge in [-0.15, -0.1) is 0 Å². The minimum absolute atomic E-state index is 0.0638. The van der Waals surface area contributed by atoms with Crippen LogP contribution < -0.4 is 4.74 Å². The van der Waals surface area contributed by atoms with Gasteiger partial charge in [0.1, 0.15) is 11.6 Å². The van der Waals surface area contributed by atoms with Gasteiger partial charge in [-0.3, -0.25) is 4.79 Å². The van der Waals surface area contributed by atoms with Crippen LogP contribution in [-0.4, -0.2) is 17.7 Å². The zero-order chi connectivity index (χ0) is 11.3. The average molecular weight is 212 g/mol. The van der Waals surface area contributed by atoms with E-state index in [1.807, 2.05) is 0 Å². The van der Waals surface area contributed by atoms with Gasteiger partial charge in [0.25, 0.3) is 0 Å². The maximum absolute atomic E-state index is 13.0. The summed E-state index contributed by atoms with van der Waals surface area (Å²) < 4.78 is 18.2. The SMILES string of the molecule is Cc1ccc(OCCCC(=O)O)cc1F. The van der Waals surface area contributed by atoms with E-state index in [9.17, 15) is 9.18 Å². The molecule has 1 aromatic rings. The first-order valence-electron chi connectivity index (χ1n) is 4.70. The molecule has 1 rings (SSSR count). The van der Waals surface area contributed by atoms with E-state index in [2.05, 4.69) is 0 Å². The normalized spacial score (nSPS) is 10.0. The van der Waals surface area contributed by atoms with E-state index in [0.29, 0.717) is 17.7 Å². The molecule has 1 aromatic carbocycles. The molecule has 0 saturated carbocycles. The Morgan fingerprint density at radius 2 is 2.27 bits per heavy atom. The number of hydrogen-bond donors (Lipinski definition) is 1. The number of carbonyl (C=O) groups is 1. The van der Waals surface area contributed by atoms with Gasteiger partial charge in [-0.2, -0.15) is 0 Å². The monoisotopic (exact) mass is 212 g/mol. The van der Waals surface area contributed by atoms with Crippen molar-refractivity contribution >= 4 is 5.97 Å². The second kappa shape index (κ2) is 5.34.